The second-order valence-electron chi connectivity index (χ2n) is 5.16. The molecule has 104 valence electrons. The Morgan fingerprint density at radius 1 is 1.37 bits per heavy atom. The number of rotatable bonds is 4. The summed E-state index contributed by atoms with van der Waals surface area (Å²) in [5, 5.41) is 9.11. The molecular weight excluding hydrogens is 240 g/mol. The number of benzene rings is 1. The molecule has 1 fully saturated rings. The van der Waals surface area contributed by atoms with Gasteiger partial charge >= 0.3 is 0 Å². The second-order valence-corrected chi connectivity index (χ2v) is 5.16. The van der Waals surface area contributed by atoms with Crippen LogP contribution in [0.3, 0.4) is 0 Å². The van der Waals surface area contributed by atoms with Gasteiger partial charge in [-0.1, -0.05) is 12.1 Å². The molecule has 1 amide bonds. The van der Waals surface area contributed by atoms with Crippen LogP contribution in [0.2, 0.25) is 0 Å². The number of carbonyl (C=O) groups is 1. The van der Waals surface area contributed by atoms with Gasteiger partial charge in [-0.3, -0.25) is 4.79 Å². The highest BCUT2D eigenvalue weighted by atomic mass is 16.3. The van der Waals surface area contributed by atoms with Crippen LogP contribution in [0.4, 0.5) is 0 Å². The summed E-state index contributed by atoms with van der Waals surface area (Å²) in [6.07, 6.45) is 2.59. The Morgan fingerprint density at radius 3 is 2.74 bits per heavy atom. The van der Waals surface area contributed by atoms with E-state index >= 15 is 0 Å². The molecule has 0 aliphatic carbocycles. The van der Waals surface area contributed by atoms with E-state index in [4.69, 9.17) is 10.8 Å². The Bertz CT molecular complexity index is 426. The second kappa shape index (κ2) is 6.68. The quantitative estimate of drug-likeness (QED) is 0.851. The number of likely N-dealkylation sites (tertiary alicyclic amines) is 1. The van der Waals surface area contributed by atoms with Gasteiger partial charge < -0.3 is 15.7 Å². The van der Waals surface area contributed by atoms with Gasteiger partial charge in [-0.15, -0.1) is 0 Å². The summed E-state index contributed by atoms with van der Waals surface area (Å²) >= 11 is 0. The van der Waals surface area contributed by atoms with Crippen LogP contribution in [0.15, 0.2) is 24.3 Å². The van der Waals surface area contributed by atoms with Crippen LogP contribution >= 0.6 is 0 Å². The van der Waals surface area contributed by atoms with Crippen LogP contribution in [0.5, 0.6) is 0 Å². The highest BCUT2D eigenvalue weighted by Gasteiger charge is 2.23. The van der Waals surface area contributed by atoms with Crippen LogP contribution in [-0.2, 0) is 6.42 Å². The lowest BCUT2D eigenvalue weighted by Gasteiger charge is -2.31. The van der Waals surface area contributed by atoms with Gasteiger partial charge in [0.1, 0.15) is 0 Å². The van der Waals surface area contributed by atoms with Crippen molar-refractivity contribution in [3.8, 4) is 0 Å². The van der Waals surface area contributed by atoms with Crippen molar-refractivity contribution in [2.75, 3.05) is 26.2 Å². The first kappa shape index (κ1) is 14.0. The van der Waals surface area contributed by atoms with Gasteiger partial charge in [0.15, 0.2) is 0 Å². The lowest BCUT2D eigenvalue weighted by Crippen LogP contribution is -2.39. The van der Waals surface area contributed by atoms with Crippen molar-refractivity contribution in [3.63, 3.8) is 0 Å². The number of nitrogens with two attached hydrogens (primary N) is 1. The molecule has 0 atom stereocenters. The van der Waals surface area contributed by atoms with E-state index in [2.05, 4.69) is 0 Å². The van der Waals surface area contributed by atoms with Crippen LogP contribution in [0.25, 0.3) is 0 Å². The third kappa shape index (κ3) is 3.55. The molecule has 0 bridgehead atoms. The zero-order chi connectivity index (χ0) is 13.7. The zero-order valence-electron chi connectivity index (χ0n) is 11.2. The predicted octanol–water partition coefficient (Wildman–Crippen LogP) is 1.03. The first-order chi connectivity index (χ1) is 9.24. The highest BCUT2D eigenvalue weighted by molar-refractivity contribution is 5.94. The van der Waals surface area contributed by atoms with Crippen molar-refractivity contribution in [2.24, 2.45) is 11.7 Å². The van der Waals surface area contributed by atoms with Crippen LogP contribution < -0.4 is 5.73 Å². The van der Waals surface area contributed by atoms with Gasteiger partial charge in [-0.05, 0) is 49.4 Å². The zero-order valence-corrected chi connectivity index (χ0v) is 11.2. The van der Waals surface area contributed by atoms with Crippen LogP contribution in [0, 0.1) is 5.92 Å². The molecule has 1 aromatic carbocycles. The van der Waals surface area contributed by atoms with Crippen LogP contribution in [-0.4, -0.2) is 42.2 Å². The molecule has 0 radical (unpaired) electrons. The maximum absolute atomic E-state index is 12.4. The van der Waals surface area contributed by atoms with E-state index in [-0.39, 0.29) is 12.5 Å². The highest BCUT2D eigenvalue weighted by Crippen LogP contribution is 2.19. The SMILES string of the molecule is NCCc1cccc(C(=O)N2CCC(CO)CC2)c1. The average molecular weight is 262 g/mol. The Hall–Kier alpha value is -1.39. The van der Waals surface area contributed by atoms with Gasteiger partial charge in [0, 0.05) is 25.3 Å². The minimum Gasteiger partial charge on any atom is -0.396 e. The molecule has 1 saturated heterocycles. The largest absolute Gasteiger partial charge is 0.396 e. The third-order valence-corrected chi connectivity index (χ3v) is 3.77. The molecule has 0 aromatic heterocycles. The molecule has 0 unspecified atom stereocenters. The molecule has 19 heavy (non-hydrogen) atoms. The summed E-state index contributed by atoms with van der Waals surface area (Å²) in [7, 11) is 0. The molecule has 1 aromatic rings. The fourth-order valence-corrected chi connectivity index (χ4v) is 2.53. The maximum atomic E-state index is 12.4. The number of hydrogen-bond donors (Lipinski definition) is 2. The van der Waals surface area contributed by atoms with Gasteiger partial charge in [0.2, 0.25) is 0 Å². The molecule has 2 rings (SSSR count). The van der Waals surface area contributed by atoms with E-state index in [1.807, 2.05) is 29.2 Å². The smallest absolute Gasteiger partial charge is 0.253 e. The summed E-state index contributed by atoms with van der Waals surface area (Å²) in [6, 6.07) is 7.72. The Morgan fingerprint density at radius 2 is 2.11 bits per heavy atom. The molecule has 4 heteroatoms. The first-order valence-electron chi connectivity index (χ1n) is 6.93. The van der Waals surface area contributed by atoms with Crippen molar-refractivity contribution >= 4 is 5.91 Å². The van der Waals surface area contributed by atoms with Crippen molar-refractivity contribution in [2.45, 2.75) is 19.3 Å². The maximum Gasteiger partial charge on any atom is 0.253 e. The first-order valence-corrected chi connectivity index (χ1v) is 6.93. The van der Waals surface area contributed by atoms with E-state index in [0.29, 0.717) is 12.5 Å². The molecule has 4 nitrogen and oxygen atoms in total. The lowest BCUT2D eigenvalue weighted by molar-refractivity contribution is 0.0651. The Labute approximate surface area is 114 Å². The summed E-state index contributed by atoms with van der Waals surface area (Å²) in [5.41, 5.74) is 7.39. The third-order valence-electron chi connectivity index (χ3n) is 3.77. The summed E-state index contributed by atoms with van der Waals surface area (Å²) in [6.45, 7) is 2.31. The van der Waals surface area contributed by atoms with Crippen LogP contribution in [0.1, 0.15) is 28.8 Å². The number of carbonyl (C=O) groups excluding carboxylic acids is 1. The number of hydrogen-bond acceptors (Lipinski definition) is 3. The molecule has 1 aliphatic heterocycles. The standard InChI is InChI=1S/C15H22N2O2/c16-7-4-12-2-1-3-14(10-12)15(19)17-8-5-13(11-18)6-9-17/h1-3,10,13,18H,4-9,11,16H2. The van der Waals surface area contributed by atoms with E-state index in [9.17, 15) is 4.79 Å². The Balaban J connectivity index is 2.01. The minimum absolute atomic E-state index is 0.0928. The number of amides is 1. The van der Waals surface area contributed by atoms with Crippen molar-refractivity contribution < 1.29 is 9.90 Å². The summed E-state index contributed by atoms with van der Waals surface area (Å²) in [4.78, 5) is 14.3. The van der Waals surface area contributed by atoms with Crippen molar-refractivity contribution in [1.29, 1.82) is 0 Å². The molecular formula is C15H22N2O2. The lowest BCUT2D eigenvalue weighted by atomic mass is 9.97. The monoisotopic (exact) mass is 262 g/mol. The number of piperidine rings is 1. The summed E-state index contributed by atoms with van der Waals surface area (Å²) in [5.74, 6) is 0.447. The van der Waals surface area contributed by atoms with Crippen molar-refractivity contribution in [1.82, 2.24) is 4.90 Å². The van der Waals surface area contributed by atoms with Gasteiger partial charge in [0.05, 0.1) is 0 Å². The Kier molecular flexibility index (Phi) is 4.93. The fourth-order valence-electron chi connectivity index (χ4n) is 2.53. The topological polar surface area (TPSA) is 66.6 Å². The number of aliphatic hydroxyl groups is 1. The molecule has 0 saturated carbocycles. The van der Waals surface area contributed by atoms with E-state index in [1.54, 1.807) is 0 Å². The van der Waals surface area contributed by atoms with Gasteiger partial charge in [-0.2, -0.15) is 0 Å². The van der Waals surface area contributed by atoms with Gasteiger partial charge in [0.25, 0.3) is 5.91 Å². The number of nitrogens with zero attached hydrogens (tertiary/aromatic N) is 1. The van der Waals surface area contributed by atoms with Crippen molar-refractivity contribution in [3.05, 3.63) is 35.4 Å². The molecule has 3 N–H and O–H groups in total. The molecule has 0 spiro atoms. The molecule has 1 aliphatic rings. The predicted molar refractivity (Wildman–Crippen MR) is 74.9 cm³/mol. The molecule has 1 heterocycles. The fraction of sp³-hybridized carbons (Fsp3) is 0.533. The average Bonchev–Trinajstić information content (AvgIpc) is 2.47. The summed E-state index contributed by atoms with van der Waals surface area (Å²) < 4.78 is 0. The van der Waals surface area contributed by atoms with Gasteiger partial charge in [-0.25, -0.2) is 0 Å². The normalized spacial score (nSPS) is 16.6. The van der Waals surface area contributed by atoms with E-state index in [0.717, 1.165) is 43.5 Å². The minimum atomic E-state index is 0.0928. The van der Waals surface area contributed by atoms with E-state index < -0.39 is 0 Å². The van der Waals surface area contributed by atoms with E-state index in [1.165, 1.54) is 0 Å². The number of aliphatic hydroxyl groups excluding tert-OH is 1.